The molecular weight excluding hydrogens is 491 g/mol. The van der Waals surface area contributed by atoms with Gasteiger partial charge in [0.25, 0.3) is 0 Å². The van der Waals surface area contributed by atoms with Crippen molar-refractivity contribution < 1.29 is 9.47 Å². The lowest BCUT2D eigenvalue weighted by atomic mass is 9.97. The number of benzene rings is 1. The zero-order chi connectivity index (χ0) is 20.7. The van der Waals surface area contributed by atoms with E-state index in [1.54, 1.807) is 7.11 Å². The van der Waals surface area contributed by atoms with Crippen molar-refractivity contribution in [3.8, 4) is 5.75 Å². The minimum atomic E-state index is 0. The first-order chi connectivity index (χ1) is 14.2. The minimum absolute atomic E-state index is 0. The maximum Gasteiger partial charge on any atom is 0.191 e. The Balaban J connectivity index is 0.00000450. The van der Waals surface area contributed by atoms with Gasteiger partial charge < -0.3 is 25.0 Å². The van der Waals surface area contributed by atoms with Gasteiger partial charge >= 0.3 is 0 Å². The highest BCUT2D eigenvalue weighted by atomic mass is 127. The molecule has 1 fully saturated rings. The second-order valence-corrected chi connectivity index (χ2v) is 7.66. The Morgan fingerprint density at radius 2 is 1.87 bits per heavy atom. The van der Waals surface area contributed by atoms with Gasteiger partial charge in [0.1, 0.15) is 5.75 Å². The van der Waals surface area contributed by atoms with Gasteiger partial charge in [-0.1, -0.05) is 19.1 Å². The number of aliphatic imine (C=N–C) groups is 1. The molecule has 2 N–H and O–H groups in total. The fourth-order valence-corrected chi connectivity index (χ4v) is 3.57. The summed E-state index contributed by atoms with van der Waals surface area (Å²) in [7, 11) is 1.69. The normalized spacial score (nSPS) is 15.5. The molecular formula is C23H41IN4O2. The molecule has 1 heterocycles. The van der Waals surface area contributed by atoms with Crippen LogP contribution in [-0.4, -0.2) is 63.9 Å². The van der Waals surface area contributed by atoms with Crippen LogP contribution in [0.15, 0.2) is 29.3 Å². The lowest BCUT2D eigenvalue weighted by Gasteiger charge is -2.32. The molecule has 1 aromatic carbocycles. The number of ether oxygens (including phenoxy) is 2. The van der Waals surface area contributed by atoms with Gasteiger partial charge in [-0.05, 0) is 75.9 Å². The second-order valence-electron chi connectivity index (χ2n) is 7.66. The van der Waals surface area contributed by atoms with Gasteiger partial charge in [-0.3, -0.25) is 0 Å². The van der Waals surface area contributed by atoms with Crippen molar-refractivity contribution in [3.05, 3.63) is 29.8 Å². The maximum atomic E-state index is 5.43. The zero-order valence-electron chi connectivity index (χ0n) is 19.0. The standard InChI is InChI=1S/C23H40N4O2.HI/c1-4-14-27-15-11-21(12-16-27)19-26-23(24-13-6-17-29-5-2)25-18-20-7-9-22(28-3)10-8-20;/h7-10,21H,4-6,11-19H2,1-3H3,(H2,24,25,26);1H. The van der Waals surface area contributed by atoms with Crippen LogP contribution in [0.1, 0.15) is 45.1 Å². The van der Waals surface area contributed by atoms with Crippen LogP contribution in [0.4, 0.5) is 0 Å². The van der Waals surface area contributed by atoms with Crippen LogP contribution in [0.3, 0.4) is 0 Å². The number of hydrogen-bond acceptors (Lipinski definition) is 4. The van der Waals surface area contributed by atoms with Crippen LogP contribution < -0.4 is 15.4 Å². The van der Waals surface area contributed by atoms with E-state index in [1.165, 1.54) is 44.5 Å². The molecule has 30 heavy (non-hydrogen) atoms. The molecule has 1 aliphatic heterocycles. The Morgan fingerprint density at radius 1 is 1.13 bits per heavy atom. The summed E-state index contributed by atoms with van der Waals surface area (Å²) in [6.45, 7) is 12.0. The molecule has 0 aliphatic carbocycles. The summed E-state index contributed by atoms with van der Waals surface area (Å²) in [5.74, 6) is 2.49. The highest BCUT2D eigenvalue weighted by molar-refractivity contribution is 14.0. The van der Waals surface area contributed by atoms with Crippen molar-refractivity contribution in [3.63, 3.8) is 0 Å². The monoisotopic (exact) mass is 532 g/mol. The lowest BCUT2D eigenvalue weighted by Crippen LogP contribution is -2.43. The molecule has 0 bridgehead atoms. The predicted molar refractivity (Wildman–Crippen MR) is 136 cm³/mol. The molecule has 7 heteroatoms. The Hall–Kier alpha value is -1.06. The number of nitrogens with zero attached hydrogens (tertiary/aromatic N) is 2. The summed E-state index contributed by atoms with van der Waals surface area (Å²) in [5.41, 5.74) is 1.18. The van der Waals surface area contributed by atoms with Gasteiger partial charge in [0.2, 0.25) is 0 Å². The third kappa shape index (κ3) is 10.8. The average Bonchev–Trinajstić information content (AvgIpc) is 2.76. The quantitative estimate of drug-likeness (QED) is 0.185. The average molecular weight is 533 g/mol. The highest BCUT2D eigenvalue weighted by Gasteiger charge is 2.18. The number of likely N-dealkylation sites (tertiary alicyclic amines) is 1. The molecule has 0 amide bonds. The van der Waals surface area contributed by atoms with E-state index in [-0.39, 0.29) is 24.0 Å². The molecule has 0 aromatic heterocycles. The van der Waals surface area contributed by atoms with Crippen LogP contribution in [0.25, 0.3) is 0 Å². The van der Waals surface area contributed by atoms with Gasteiger partial charge in [0, 0.05) is 26.3 Å². The first kappa shape index (κ1) is 27.0. The lowest BCUT2D eigenvalue weighted by molar-refractivity contribution is 0.145. The number of halogens is 1. The van der Waals surface area contributed by atoms with Crippen molar-refractivity contribution in [1.82, 2.24) is 15.5 Å². The van der Waals surface area contributed by atoms with E-state index in [1.807, 2.05) is 19.1 Å². The van der Waals surface area contributed by atoms with Crippen LogP contribution in [0.5, 0.6) is 5.75 Å². The maximum absolute atomic E-state index is 5.43. The van der Waals surface area contributed by atoms with Gasteiger partial charge in [0.05, 0.1) is 13.7 Å². The van der Waals surface area contributed by atoms with Crippen molar-refractivity contribution in [2.75, 3.05) is 53.0 Å². The summed E-state index contributed by atoms with van der Waals surface area (Å²) >= 11 is 0. The smallest absolute Gasteiger partial charge is 0.191 e. The molecule has 6 nitrogen and oxygen atoms in total. The molecule has 2 rings (SSSR count). The largest absolute Gasteiger partial charge is 0.497 e. The van der Waals surface area contributed by atoms with Gasteiger partial charge in [0.15, 0.2) is 5.96 Å². The SMILES string of the molecule is CCCN1CCC(CNC(=NCc2ccc(OC)cc2)NCCCOCC)CC1.I. The van der Waals surface area contributed by atoms with Crippen molar-refractivity contribution in [1.29, 1.82) is 0 Å². The molecule has 0 atom stereocenters. The van der Waals surface area contributed by atoms with E-state index in [0.29, 0.717) is 6.54 Å². The van der Waals surface area contributed by atoms with Crippen molar-refractivity contribution in [2.45, 2.75) is 46.1 Å². The number of piperidine rings is 1. The number of rotatable bonds is 12. The Morgan fingerprint density at radius 3 is 2.50 bits per heavy atom. The van der Waals surface area contributed by atoms with E-state index in [4.69, 9.17) is 14.5 Å². The fraction of sp³-hybridized carbons (Fsp3) is 0.696. The first-order valence-electron chi connectivity index (χ1n) is 11.2. The van der Waals surface area contributed by atoms with Crippen molar-refractivity contribution >= 4 is 29.9 Å². The third-order valence-electron chi connectivity index (χ3n) is 5.35. The summed E-state index contributed by atoms with van der Waals surface area (Å²) < 4.78 is 10.7. The summed E-state index contributed by atoms with van der Waals surface area (Å²) in [6, 6.07) is 8.10. The van der Waals surface area contributed by atoms with E-state index in [0.717, 1.165) is 50.4 Å². The number of nitrogens with one attached hydrogen (secondary N) is 2. The first-order valence-corrected chi connectivity index (χ1v) is 11.2. The number of guanidine groups is 1. The number of methoxy groups -OCH3 is 1. The van der Waals surface area contributed by atoms with Crippen molar-refractivity contribution in [2.24, 2.45) is 10.9 Å². The van der Waals surface area contributed by atoms with E-state index in [9.17, 15) is 0 Å². The van der Waals surface area contributed by atoms with E-state index >= 15 is 0 Å². The van der Waals surface area contributed by atoms with E-state index in [2.05, 4.69) is 34.6 Å². The molecule has 1 aliphatic rings. The highest BCUT2D eigenvalue weighted by Crippen LogP contribution is 2.16. The van der Waals surface area contributed by atoms with Gasteiger partial charge in [-0.25, -0.2) is 4.99 Å². The van der Waals surface area contributed by atoms with Crippen LogP contribution >= 0.6 is 24.0 Å². The Labute approximate surface area is 200 Å². The Kier molecular flexibility index (Phi) is 14.9. The van der Waals surface area contributed by atoms with Gasteiger partial charge in [-0.15, -0.1) is 24.0 Å². The molecule has 1 aromatic rings. The summed E-state index contributed by atoms with van der Waals surface area (Å²) in [5, 5.41) is 7.04. The Bertz CT molecular complexity index is 575. The molecule has 0 radical (unpaired) electrons. The molecule has 0 saturated carbocycles. The summed E-state index contributed by atoms with van der Waals surface area (Å²) in [4.78, 5) is 7.38. The topological polar surface area (TPSA) is 58.1 Å². The van der Waals surface area contributed by atoms with E-state index < -0.39 is 0 Å². The number of hydrogen-bond donors (Lipinski definition) is 2. The van der Waals surface area contributed by atoms with Crippen LogP contribution in [0.2, 0.25) is 0 Å². The molecule has 1 saturated heterocycles. The third-order valence-corrected chi connectivity index (χ3v) is 5.35. The van der Waals surface area contributed by atoms with Gasteiger partial charge in [-0.2, -0.15) is 0 Å². The molecule has 0 unspecified atom stereocenters. The fourth-order valence-electron chi connectivity index (χ4n) is 3.57. The molecule has 0 spiro atoms. The second kappa shape index (κ2) is 16.6. The van der Waals surface area contributed by atoms with Crippen LogP contribution in [-0.2, 0) is 11.3 Å². The minimum Gasteiger partial charge on any atom is -0.497 e. The zero-order valence-corrected chi connectivity index (χ0v) is 21.3. The predicted octanol–water partition coefficient (Wildman–Crippen LogP) is 3.90. The summed E-state index contributed by atoms with van der Waals surface area (Å²) in [6.07, 6.45) is 4.76. The molecule has 172 valence electrons. The van der Waals surface area contributed by atoms with Crippen LogP contribution in [0, 0.1) is 5.92 Å².